The van der Waals surface area contributed by atoms with E-state index in [4.69, 9.17) is 0 Å². The second kappa shape index (κ2) is 6.81. The Bertz CT molecular complexity index is 579. The standard InChI is InChI=1S/C14H22FN3O2S/c1-16-14(12-7-13(15)9-17-8-12)6-11-4-3-5-18(10-11)21(2,19)20/h7-9,11,14,16H,3-6,10H2,1-2H3. The van der Waals surface area contributed by atoms with Crippen LogP contribution in [0.25, 0.3) is 0 Å². The molecule has 118 valence electrons. The maximum atomic E-state index is 13.3. The monoisotopic (exact) mass is 315 g/mol. The predicted molar refractivity (Wildman–Crippen MR) is 79.8 cm³/mol. The van der Waals surface area contributed by atoms with Crippen molar-refractivity contribution in [1.82, 2.24) is 14.6 Å². The van der Waals surface area contributed by atoms with Crippen LogP contribution in [0.4, 0.5) is 4.39 Å². The van der Waals surface area contributed by atoms with Crippen LogP contribution in [-0.4, -0.2) is 44.1 Å². The van der Waals surface area contributed by atoms with Crippen molar-refractivity contribution in [2.45, 2.75) is 25.3 Å². The molecule has 1 aromatic heterocycles. The smallest absolute Gasteiger partial charge is 0.211 e. The van der Waals surface area contributed by atoms with E-state index in [1.54, 1.807) is 6.20 Å². The number of hydrogen-bond acceptors (Lipinski definition) is 4. The molecule has 2 heterocycles. The Morgan fingerprint density at radius 2 is 2.29 bits per heavy atom. The highest BCUT2D eigenvalue weighted by Crippen LogP contribution is 2.28. The number of halogens is 1. The summed E-state index contributed by atoms with van der Waals surface area (Å²) in [5.74, 6) is -0.0802. The van der Waals surface area contributed by atoms with E-state index >= 15 is 0 Å². The predicted octanol–water partition coefficient (Wildman–Crippen LogP) is 1.54. The van der Waals surface area contributed by atoms with Crippen LogP contribution in [-0.2, 0) is 10.0 Å². The van der Waals surface area contributed by atoms with Crippen LogP contribution in [0.2, 0.25) is 0 Å². The van der Waals surface area contributed by atoms with Gasteiger partial charge in [0.25, 0.3) is 0 Å². The molecule has 1 aliphatic heterocycles. The van der Waals surface area contributed by atoms with Gasteiger partial charge in [0.05, 0.1) is 12.5 Å². The number of hydrogen-bond donors (Lipinski definition) is 1. The summed E-state index contributed by atoms with van der Waals surface area (Å²) in [6, 6.07) is 1.46. The average molecular weight is 315 g/mol. The van der Waals surface area contributed by atoms with E-state index in [2.05, 4.69) is 10.3 Å². The normalized spacial score (nSPS) is 22.1. The Kier molecular flexibility index (Phi) is 5.29. The third-order valence-corrected chi connectivity index (χ3v) is 5.27. The lowest BCUT2D eigenvalue weighted by molar-refractivity contribution is 0.240. The number of rotatable bonds is 5. The second-order valence-electron chi connectivity index (χ2n) is 5.64. The highest BCUT2D eigenvalue weighted by molar-refractivity contribution is 7.88. The van der Waals surface area contributed by atoms with Crippen molar-refractivity contribution in [3.8, 4) is 0 Å². The molecule has 1 aromatic rings. The summed E-state index contributed by atoms with van der Waals surface area (Å²) in [5, 5.41) is 3.17. The van der Waals surface area contributed by atoms with Gasteiger partial charge in [0.2, 0.25) is 10.0 Å². The second-order valence-corrected chi connectivity index (χ2v) is 7.63. The maximum absolute atomic E-state index is 13.3. The minimum atomic E-state index is -3.13. The van der Waals surface area contributed by atoms with Crippen LogP contribution in [0.1, 0.15) is 30.9 Å². The Hall–Kier alpha value is -1.05. The Labute approximate surface area is 125 Å². The van der Waals surface area contributed by atoms with Gasteiger partial charge in [-0.1, -0.05) is 0 Å². The molecule has 2 atom stereocenters. The molecular formula is C14H22FN3O2S. The van der Waals surface area contributed by atoms with E-state index < -0.39 is 10.0 Å². The Balaban J connectivity index is 2.05. The van der Waals surface area contributed by atoms with Crippen molar-refractivity contribution in [3.05, 3.63) is 29.8 Å². The van der Waals surface area contributed by atoms with E-state index in [-0.39, 0.29) is 17.8 Å². The van der Waals surface area contributed by atoms with Crippen LogP contribution >= 0.6 is 0 Å². The third-order valence-electron chi connectivity index (χ3n) is 4.00. The average Bonchev–Trinajstić information content (AvgIpc) is 2.44. The molecule has 0 aliphatic carbocycles. The highest BCUT2D eigenvalue weighted by Gasteiger charge is 2.27. The van der Waals surface area contributed by atoms with Gasteiger partial charge >= 0.3 is 0 Å². The molecule has 5 nitrogen and oxygen atoms in total. The summed E-state index contributed by atoms with van der Waals surface area (Å²) in [6.07, 6.45) is 6.72. The lowest BCUT2D eigenvalue weighted by Gasteiger charge is -2.33. The molecule has 0 bridgehead atoms. The summed E-state index contributed by atoms with van der Waals surface area (Å²) in [6.45, 7) is 1.14. The van der Waals surface area contributed by atoms with Crippen LogP contribution in [0.5, 0.6) is 0 Å². The van der Waals surface area contributed by atoms with Gasteiger partial charge in [-0.05, 0) is 43.9 Å². The fourth-order valence-corrected chi connectivity index (χ4v) is 3.84. The van der Waals surface area contributed by atoms with E-state index in [0.717, 1.165) is 24.8 Å². The minimum absolute atomic E-state index is 0.0160. The lowest BCUT2D eigenvalue weighted by atomic mass is 9.90. The summed E-state index contributed by atoms with van der Waals surface area (Å²) in [4.78, 5) is 3.88. The first-order valence-corrected chi connectivity index (χ1v) is 8.98. The molecule has 0 amide bonds. The van der Waals surface area contributed by atoms with Crippen LogP contribution in [0, 0.1) is 11.7 Å². The van der Waals surface area contributed by atoms with Gasteiger partial charge < -0.3 is 5.32 Å². The fourth-order valence-electron chi connectivity index (χ4n) is 2.89. The first-order chi connectivity index (χ1) is 9.90. The zero-order chi connectivity index (χ0) is 15.5. The summed E-state index contributed by atoms with van der Waals surface area (Å²) in [7, 11) is -1.31. The zero-order valence-electron chi connectivity index (χ0n) is 12.4. The van der Waals surface area contributed by atoms with Gasteiger partial charge in [-0.15, -0.1) is 0 Å². The molecule has 0 radical (unpaired) electrons. The van der Waals surface area contributed by atoms with E-state index in [1.807, 2.05) is 7.05 Å². The molecule has 2 rings (SSSR count). The first kappa shape index (κ1) is 16.3. The molecule has 1 aliphatic rings. The Morgan fingerprint density at radius 3 is 2.90 bits per heavy atom. The topological polar surface area (TPSA) is 62.3 Å². The minimum Gasteiger partial charge on any atom is -0.313 e. The lowest BCUT2D eigenvalue weighted by Crippen LogP contribution is -2.40. The summed E-state index contributed by atoms with van der Waals surface area (Å²) < 4.78 is 38.1. The van der Waals surface area contributed by atoms with Crippen molar-refractivity contribution in [2.24, 2.45) is 5.92 Å². The van der Waals surface area contributed by atoms with Crippen molar-refractivity contribution in [3.63, 3.8) is 0 Å². The number of aromatic nitrogens is 1. The summed E-state index contributed by atoms with van der Waals surface area (Å²) in [5.41, 5.74) is 0.800. The number of pyridine rings is 1. The van der Waals surface area contributed by atoms with E-state index in [0.29, 0.717) is 13.1 Å². The quantitative estimate of drug-likeness (QED) is 0.895. The van der Waals surface area contributed by atoms with Gasteiger partial charge in [-0.25, -0.2) is 17.1 Å². The van der Waals surface area contributed by atoms with Crippen molar-refractivity contribution in [1.29, 1.82) is 0 Å². The van der Waals surface area contributed by atoms with E-state index in [9.17, 15) is 12.8 Å². The number of nitrogens with one attached hydrogen (secondary N) is 1. The largest absolute Gasteiger partial charge is 0.313 e. The van der Waals surface area contributed by atoms with Gasteiger partial charge in [0.15, 0.2) is 0 Å². The van der Waals surface area contributed by atoms with Crippen molar-refractivity contribution < 1.29 is 12.8 Å². The number of sulfonamides is 1. The maximum Gasteiger partial charge on any atom is 0.211 e. The molecule has 1 N–H and O–H groups in total. The molecular weight excluding hydrogens is 293 g/mol. The SMILES string of the molecule is CNC(CC1CCCN(S(C)(=O)=O)C1)c1cncc(F)c1. The fraction of sp³-hybridized carbons (Fsp3) is 0.643. The van der Waals surface area contributed by atoms with Crippen molar-refractivity contribution in [2.75, 3.05) is 26.4 Å². The van der Waals surface area contributed by atoms with Crippen LogP contribution < -0.4 is 5.32 Å². The van der Waals surface area contributed by atoms with Gasteiger partial charge in [-0.3, -0.25) is 4.98 Å². The van der Waals surface area contributed by atoms with Gasteiger partial charge in [0.1, 0.15) is 5.82 Å². The highest BCUT2D eigenvalue weighted by atomic mass is 32.2. The van der Waals surface area contributed by atoms with Crippen molar-refractivity contribution >= 4 is 10.0 Å². The Morgan fingerprint density at radius 1 is 1.52 bits per heavy atom. The van der Waals surface area contributed by atoms with Gasteiger partial charge in [0, 0.05) is 25.3 Å². The number of nitrogens with zero attached hydrogens (tertiary/aromatic N) is 2. The molecule has 1 saturated heterocycles. The molecule has 0 spiro atoms. The molecule has 1 fully saturated rings. The molecule has 7 heteroatoms. The zero-order valence-corrected chi connectivity index (χ0v) is 13.2. The molecule has 0 saturated carbocycles. The summed E-state index contributed by atoms with van der Waals surface area (Å²) >= 11 is 0. The molecule has 21 heavy (non-hydrogen) atoms. The third kappa shape index (κ3) is 4.46. The van der Waals surface area contributed by atoms with Gasteiger partial charge in [-0.2, -0.15) is 0 Å². The molecule has 2 unspecified atom stereocenters. The van der Waals surface area contributed by atoms with E-state index in [1.165, 1.54) is 22.8 Å². The number of piperidine rings is 1. The first-order valence-electron chi connectivity index (χ1n) is 7.13. The molecule has 0 aromatic carbocycles. The van der Waals surface area contributed by atoms with Crippen LogP contribution in [0.15, 0.2) is 18.5 Å². The van der Waals surface area contributed by atoms with Crippen LogP contribution in [0.3, 0.4) is 0 Å².